The molecule has 0 aromatic heterocycles. The van der Waals surface area contributed by atoms with Gasteiger partial charge in [0.2, 0.25) is 6.10 Å². The number of anilines is 1. The van der Waals surface area contributed by atoms with Gasteiger partial charge in [0.15, 0.2) is 0 Å². The Hall–Kier alpha value is -2.33. The highest BCUT2D eigenvalue weighted by Gasteiger charge is 2.32. The van der Waals surface area contributed by atoms with Crippen LogP contribution in [0.15, 0.2) is 48.5 Å². The zero-order valence-electron chi connectivity index (χ0n) is 14.0. The highest BCUT2D eigenvalue weighted by Crippen LogP contribution is 2.30. The van der Waals surface area contributed by atoms with Crippen LogP contribution in [0.5, 0.6) is 0 Å². The summed E-state index contributed by atoms with van der Waals surface area (Å²) < 4.78 is 5.54. The molecule has 0 heterocycles. The maximum Gasteiger partial charge on any atom is 0.310 e. The lowest BCUT2D eigenvalue weighted by Gasteiger charge is -2.26. The van der Waals surface area contributed by atoms with Crippen molar-refractivity contribution in [1.29, 1.82) is 0 Å². The number of ether oxygens (including phenoxy) is 1. The Balaban J connectivity index is 1.78. The van der Waals surface area contributed by atoms with E-state index in [4.69, 9.17) is 16.3 Å². The molecule has 130 valence electrons. The van der Waals surface area contributed by atoms with Crippen molar-refractivity contribution in [3.8, 4) is 0 Å². The van der Waals surface area contributed by atoms with E-state index in [2.05, 4.69) is 5.32 Å². The SMILES string of the molecule is Cc1ccc(NC(=O)[C@@H](OC(=O)C2CCC2)c2ccccc2)cc1Cl. The molecule has 0 bridgehead atoms. The number of aryl methyl sites for hydroxylation is 1. The highest BCUT2D eigenvalue weighted by molar-refractivity contribution is 6.31. The summed E-state index contributed by atoms with van der Waals surface area (Å²) in [7, 11) is 0. The van der Waals surface area contributed by atoms with Crippen LogP contribution < -0.4 is 5.32 Å². The van der Waals surface area contributed by atoms with E-state index in [1.807, 2.05) is 31.2 Å². The molecule has 25 heavy (non-hydrogen) atoms. The lowest BCUT2D eigenvalue weighted by atomic mass is 9.85. The van der Waals surface area contributed by atoms with Crippen molar-refractivity contribution in [2.24, 2.45) is 5.92 Å². The molecule has 1 amide bonds. The van der Waals surface area contributed by atoms with Gasteiger partial charge in [0.25, 0.3) is 5.91 Å². The molecule has 3 rings (SSSR count). The number of esters is 1. The standard InChI is InChI=1S/C20H20ClNO3/c1-13-10-11-16(12-17(13)21)22-19(23)18(14-6-3-2-4-7-14)25-20(24)15-8-5-9-15/h2-4,6-7,10-12,15,18H,5,8-9H2,1H3,(H,22,23)/t18-/m0/s1. The normalized spacial score (nSPS) is 15.1. The molecule has 0 saturated heterocycles. The second-order valence-corrected chi connectivity index (χ2v) is 6.72. The van der Waals surface area contributed by atoms with E-state index in [0.29, 0.717) is 16.3 Å². The van der Waals surface area contributed by atoms with E-state index in [1.165, 1.54) is 0 Å². The number of benzene rings is 2. The van der Waals surface area contributed by atoms with Gasteiger partial charge in [-0.25, -0.2) is 0 Å². The van der Waals surface area contributed by atoms with Gasteiger partial charge in [0, 0.05) is 16.3 Å². The van der Waals surface area contributed by atoms with Crippen molar-refractivity contribution >= 4 is 29.2 Å². The topological polar surface area (TPSA) is 55.4 Å². The minimum absolute atomic E-state index is 0.0900. The third-order valence-electron chi connectivity index (χ3n) is 4.45. The van der Waals surface area contributed by atoms with Gasteiger partial charge >= 0.3 is 5.97 Å². The molecule has 1 saturated carbocycles. The van der Waals surface area contributed by atoms with Crippen LogP contribution in [-0.4, -0.2) is 11.9 Å². The fourth-order valence-electron chi connectivity index (χ4n) is 2.64. The van der Waals surface area contributed by atoms with Crippen molar-refractivity contribution < 1.29 is 14.3 Å². The van der Waals surface area contributed by atoms with Crippen LogP contribution in [0.2, 0.25) is 5.02 Å². The van der Waals surface area contributed by atoms with Gasteiger partial charge in [0.05, 0.1) is 5.92 Å². The number of carbonyl (C=O) groups excluding carboxylic acids is 2. The van der Waals surface area contributed by atoms with E-state index in [0.717, 1.165) is 24.8 Å². The van der Waals surface area contributed by atoms with Crippen LogP contribution in [0.4, 0.5) is 5.69 Å². The zero-order valence-corrected chi connectivity index (χ0v) is 14.8. The van der Waals surface area contributed by atoms with Crippen molar-refractivity contribution in [2.45, 2.75) is 32.3 Å². The van der Waals surface area contributed by atoms with Gasteiger partial charge < -0.3 is 10.1 Å². The summed E-state index contributed by atoms with van der Waals surface area (Å²) in [5.41, 5.74) is 2.14. The predicted molar refractivity (Wildman–Crippen MR) is 97.4 cm³/mol. The number of halogens is 1. The molecule has 0 spiro atoms. The second kappa shape index (κ2) is 7.70. The zero-order chi connectivity index (χ0) is 17.8. The van der Waals surface area contributed by atoms with Crippen LogP contribution in [0.3, 0.4) is 0 Å². The molecule has 0 radical (unpaired) electrons. The first-order chi connectivity index (χ1) is 12.0. The first-order valence-electron chi connectivity index (χ1n) is 8.37. The molecule has 2 aromatic carbocycles. The van der Waals surface area contributed by atoms with Crippen LogP contribution >= 0.6 is 11.6 Å². The van der Waals surface area contributed by atoms with Gasteiger partial charge in [-0.15, -0.1) is 0 Å². The number of carbonyl (C=O) groups is 2. The molecule has 2 aromatic rings. The van der Waals surface area contributed by atoms with Crippen LogP contribution in [-0.2, 0) is 14.3 Å². The van der Waals surface area contributed by atoms with Crippen LogP contribution in [0.1, 0.15) is 36.5 Å². The summed E-state index contributed by atoms with van der Waals surface area (Å²) in [5.74, 6) is -0.788. The fourth-order valence-corrected chi connectivity index (χ4v) is 2.82. The van der Waals surface area contributed by atoms with E-state index >= 15 is 0 Å². The summed E-state index contributed by atoms with van der Waals surface area (Å²) in [5, 5.41) is 3.36. The third-order valence-corrected chi connectivity index (χ3v) is 4.86. The Morgan fingerprint density at radius 1 is 1.16 bits per heavy atom. The van der Waals surface area contributed by atoms with E-state index in [1.54, 1.807) is 24.3 Å². The maximum absolute atomic E-state index is 12.7. The van der Waals surface area contributed by atoms with Gasteiger partial charge in [-0.1, -0.05) is 54.4 Å². The van der Waals surface area contributed by atoms with Crippen molar-refractivity contribution in [2.75, 3.05) is 5.32 Å². The molecule has 0 aliphatic heterocycles. The molecule has 1 atom stereocenters. The molecule has 1 N–H and O–H groups in total. The van der Waals surface area contributed by atoms with Crippen LogP contribution in [0, 0.1) is 12.8 Å². The average Bonchev–Trinajstić information content (AvgIpc) is 2.55. The van der Waals surface area contributed by atoms with Gasteiger partial charge in [-0.3, -0.25) is 9.59 Å². The number of hydrogen-bond donors (Lipinski definition) is 1. The second-order valence-electron chi connectivity index (χ2n) is 6.31. The Kier molecular flexibility index (Phi) is 5.39. The monoisotopic (exact) mass is 357 g/mol. The largest absolute Gasteiger partial charge is 0.447 e. The number of nitrogens with one attached hydrogen (secondary N) is 1. The smallest absolute Gasteiger partial charge is 0.310 e. The molecule has 4 nitrogen and oxygen atoms in total. The van der Waals surface area contributed by atoms with E-state index < -0.39 is 12.0 Å². The summed E-state index contributed by atoms with van der Waals surface area (Å²) in [6.07, 6.45) is 1.71. The number of amides is 1. The Morgan fingerprint density at radius 3 is 2.48 bits per heavy atom. The van der Waals surface area contributed by atoms with Crippen LogP contribution in [0.25, 0.3) is 0 Å². The first kappa shape index (κ1) is 17.5. The highest BCUT2D eigenvalue weighted by atomic mass is 35.5. The minimum atomic E-state index is -0.977. The van der Waals surface area contributed by atoms with E-state index in [9.17, 15) is 9.59 Å². The predicted octanol–water partition coefficient (Wildman–Crippen LogP) is 4.67. The maximum atomic E-state index is 12.7. The lowest BCUT2D eigenvalue weighted by Crippen LogP contribution is -2.31. The molecule has 1 aliphatic rings. The molecule has 1 fully saturated rings. The Bertz CT molecular complexity index is 772. The van der Waals surface area contributed by atoms with Crippen molar-refractivity contribution in [3.05, 3.63) is 64.7 Å². The molecule has 5 heteroatoms. The Labute approximate surface area is 152 Å². The molecule has 1 aliphatic carbocycles. The average molecular weight is 358 g/mol. The molecular weight excluding hydrogens is 338 g/mol. The quantitative estimate of drug-likeness (QED) is 0.791. The third kappa shape index (κ3) is 4.20. The van der Waals surface area contributed by atoms with Gasteiger partial charge in [-0.2, -0.15) is 0 Å². The number of hydrogen-bond acceptors (Lipinski definition) is 3. The molecule has 0 unspecified atom stereocenters. The summed E-state index contributed by atoms with van der Waals surface area (Å²) >= 11 is 6.11. The summed E-state index contributed by atoms with van der Waals surface area (Å²) in [4.78, 5) is 25.0. The fraction of sp³-hybridized carbons (Fsp3) is 0.300. The van der Waals surface area contributed by atoms with E-state index in [-0.39, 0.29) is 11.9 Å². The lowest BCUT2D eigenvalue weighted by molar-refractivity contribution is -0.161. The van der Waals surface area contributed by atoms with Crippen molar-refractivity contribution in [3.63, 3.8) is 0 Å². The number of rotatable bonds is 5. The summed E-state index contributed by atoms with van der Waals surface area (Å²) in [6.45, 7) is 1.89. The Morgan fingerprint density at radius 2 is 1.88 bits per heavy atom. The summed E-state index contributed by atoms with van der Waals surface area (Å²) in [6, 6.07) is 14.3. The van der Waals surface area contributed by atoms with Gasteiger partial charge in [0.1, 0.15) is 0 Å². The van der Waals surface area contributed by atoms with Gasteiger partial charge in [-0.05, 0) is 37.5 Å². The minimum Gasteiger partial charge on any atom is -0.447 e. The first-order valence-corrected chi connectivity index (χ1v) is 8.75. The molecular formula is C20H20ClNO3. The van der Waals surface area contributed by atoms with Crippen molar-refractivity contribution in [1.82, 2.24) is 0 Å².